The van der Waals surface area contributed by atoms with E-state index in [0.717, 1.165) is 17.0 Å². The number of nitrogens with zero attached hydrogens (tertiary/aromatic N) is 1. The molecule has 1 aromatic heterocycles. The highest BCUT2D eigenvalue weighted by atomic mass is 19.1. The van der Waals surface area contributed by atoms with Crippen LogP contribution in [0.4, 0.5) is 14.5 Å². The molecule has 0 saturated carbocycles. The molecule has 7 nitrogen and oxygen atoms in total. The van der Waals surface area contributed by atoms with Gasteiger partial charge in [-0.1, -0.05) is 0 Å². The molecule has 142 valence electrons. The van der Waals surface area contributed by atoms with Crippen molar-refractivity contribution in [3.05, 3.63) is 53.0 Å². The first-order valence-electron chi connectivity index (χ1n) is 8.14. The van der Waals surface area contributed by atoms with Gasteiger partial charge in [0.2, 0.25) is 11.8 Å². The van der Waals surface area contributed by atoms with Crippen LogP contribution in [0.15, 0.2) is 28.7 Å². The quantitative estimate of drug-likeness (QED) is 0.778. The summed E-state index contributed by atoms with van der Waals surface area (Å²) in [6, 6.07) is 4.06. The number of hydrogen-bond acceptors (Lipinski definition) is 4. The van der Waals surface area contributed by atoms with Gasteiger partial charge in [0.1, 0.15) is 34.6 Å². The predicted octanol–water partition coefficient (Wildman–Crippen LogP) is 2.23. The largest absolute Gasteiger partial charge is 0.478 e. The molecule has 1 fully saturated rings. The summed E-state index contributed by atoms with van der Waals surface area (Å²) in [5.74, 6) is -4.43. The second-order valence-corrected chi connectivity index (χ2v) is 6.16. The zero-order chi connectivity index (χ0) is 19.7. The summed E-state index contributed by atoms with van der Waals surface area (Å²) in [5, 5.41) is 11.5. The first-order chi connectivity index (χ1) is 12.8. The standard InChI is InChI=1S/C18H16F2N2O5/c1-9-15(18(25)26)7-13(27-9)8-21-16(23)14-2-3-22(17(14)24)12-5-10(19)4-11(20)6-12/h4-7,14H,2-3,8H2,1H3,(H,21,23)(H,25,26). The third-order valence-electron chi connectivity index (χ3n) is 4.32. The molecule has 1 aliphatic heterocycles. The Morgan fingerprint density at radius 2 is 1.93 bits per heavy atom. The Morgan fingerprint density at radius 1 is 1.26 bits per heavy atom. The third-order valence-corrected chi connectivity index (χ3v) is 4.32. The lowest BCUT2D eigenvalue weighted by molar-refractivity contribution is -0.132. The summed E-state index contributed by atoms with van der Waals surface area (Å²) in [7, 11) is 0. The van der Waals surface area contributed by atoms with Gasteiger partial charge in [0.15, 0.2) is 0 Å². The van der Waals surface area contributed by atoms with Crippen LogP contribution in [0.1, 0.15) is 28.3 Å². The maximum absolute atomic E-state index is 13.4. The molecule has 1 saturated heterocycles. The Morgan fingerprint density at radius 3 is 2.52 bits per heavy atom. The molecule has 3 rings (SSSR count). The molecule has 0 bridgehead atoms. The third kappa shape index (κ3) is 3.81. The van der Waals surface area contributed by atoms with E-state index < -0.39 is 35.3 Å². The number of nitrogens with one attached hydrogen (secondary N) is 1. The number of carbonyl (C=O) groups excluding carboxylic acids is 2. The fourth-order valence-electron chi connectivity index (χ4n) is 3.02. The lowest BCUT2D eigenvalue weighted by atomic mass is 10.1. The minimum Gasteiger partial charge on any atom is -0.478 e. The van der Waals surface area contributed by atoms with Crippen molar-refractivity contribution >= 4 is 23.5 Å². The van der Waals surface area contributed by atoms with Crippen molar-refractivity contribution in [2.24, 2.45) is 5.92 Å². The van der Waals surface area contributed by atoms with Gasteiger partial charge in [-0.2, -0.15) is 0 Å². The Bertz CT molecular complexity index is 904. The zero-order valence-electron chi connectivity index (χ0n) is 14.3. The van der Waals surface area contributed by atoms with Crippen LogP contribution in [0.2, 0.25) is 0 Å². The van der Waals surface area contributed by atoms with Crippen LogP contribution in [0.3, 0.4) is 0 Å². The molecule has 2 aromatic rings. The fraction of sp³-hybridized carbons (Fsp3) is 0.278. The maximum atomic E-state index is 13.4. The summed E-state index contributed by atoms with van der Waals surface area (Å²) in [6.07, 6.45) is 0.195. The Balaban J connectivity index is 1.65. The molecule has 2 heterocycles. The van der Waals surface area contributed by atoms with Gasteiger partial charge >= 0.3 is 5.97 Å². The second-order valence-electron chi connectivity index (χ2n) is 6.16. The number of benzene rings is 1. The fourth-order valence-corrected chi connectivity index (χ4v) is 3.02. The van der Waals surface area contributed by atoms with Crippen molar-refractivity contribution in [2.75, 3.05) is 11.4 Å². The van der Waals surface area contributed by atoms with Crippen LogP contribution < -0.4 is 10.2 Å². The summed E-state index contributed by atoms with van der Waals surface area (Å²) in [5.41, 5.74) is 0.0519. The Labute approximate surface area is 152 Å². The summed E-state index contributed by atoms with van der Waals surface area (Å²) in [6.45, 7) is 1.57. The molecule has 0 spiro atoms. The van der Waals surface area contributed by atoms with E-state index >= 15 is 0 Å². The first-order valence-corrected chi connectivity index (χ1v) is 8.14. The van der Waals surface area contributed by atoms with Crippen LogP contribution in [-0.4, -0.2) is 29.4 Å². The van der Waals surface area contributed by atoms with E-state index in [1.165, 1.54) is 13.0 Å². The van der Waals surface area contributed by atoms with Gasteiger partial charge in [0, 0.05) is 18.3 Å². The van der Waals surface area contributed by atoms with E-state index in [9.17, 15) is 23.2 Å². The van der Waals surface area contributed by atoms with Crippen LogP contribution in [0.25, 0.3) is 0 Å². The molecular weight excluding hydrogens is 362 g/mol. The van der Waals surface area contributed by atoms with E-state index in [4.69, 9.17) is 9.52 Å². The number of aryl methyl sites for hydroxylation is 1. The molecule has 1 aromatic carbocycles. The van der Waals surface area contributed by atoms with Gasteiger partial charge in [-0.05, 0) is 31.5 Å². The van der Waals surface area contributed by atoms with E-state index in [0.29, 0.717) is 6.07 Å². The molecule has 2 N–H and O–H groups in total. The van der Waals surface area contributed by atoms with Gasteiger partial charge < -0.3 is 19.7 Å². The summed E-state index contributed by atoms with van der Waals surface area (Å²) >= 11 is 0. The van der Waals surface area contributed by atoms with Crippen molar-refractivity contribution in [3.63, 3.8) is 0 Å². The van der Waals surface area contributed by atoms with Crippen LogP contribution in [0, 0.1) is 24.5 Å². The van der Waals surface area contributed by atoms with E-state index in [1.54, 1.807) is 0 Å². The summed E-state index contributed by atoms with van der Waals surface area (Å²) in [4.78, 5) is 36.9. The average molecular weight is 378 g/mol. The number of carboxylic acids is 1. The number of anilines is 1. The number of carboxylic acid groups (broad SMARTS) is 1. The van der Waals surface area contributed by atoms with Gasteiger partial charge in [0.25, 0.3) is 0 Å². The van der Waals surface area contributed by atoms with Gasteiger partial charge in [-0.15, -0.1) is 0 Å². The van der Waals surface area contributed by atoms with Crippen LogP contribution in [-0.2, 0) is 16.1 Å². The average Bonchev–Trinajstić information content (AvgIpc) is 3.14. The number of hydrogen-bond donors (Lipinski definition) is 2. The number of furan rings is 1. The molecule has 0 aliphatic carbocycles. The van der Waals surface area contributed by atoms with E-state index in [2.05, 4.69) is 5.32 Å². The zero-order valence-corrected chi connectivity index (χ0v) is 14.3. The number of rotatable bonds is 5. The SMILES string of the molecule is Cc1oc(CNC(=O)C2CCN(c3cc(F)cc(F)c3)C2=O)cc1C(=O)O. The molecule has 0 radical (unpaired) electrons. The van der Waals surface area contributed by atoms with Crippen molar-refractivity contribution in [1.82, 2.24) is 5.32 Å². The second kappa shape index (κ2) is 7.18. The van der Waals surface area contributed by atoms with Crippen molar-refractivity contribution in [1.29, 1.82) is 0 Å². The monoisotopic (exact) mass is 378 g/mol. The number of carbonyl (C=O) groups is 3. The topological polar surface area (TPSA) is 99.9 Å². The van der Waals surface area contributed by atoms with Gasteiger partial charge in [-0.25, -0.2) is 13.6 Å². The Hall–Kier alpha value is -3.23. The molecule has 1 aliphatic rings. The number of amides is 2. The minimum absolute atomic E-state index is 0.00417. The Kier molecular flexibility index (Phi) is 4.93. The van der Waals surface area contributed by atoms with Crippen molar-refractivity contribution in [2.45, 2.75) is 19.9 Å². The first kappa shape index (κ1) is 18.6. The number of aromatic carboxylic acids is 1. The highest BCUT2D eigenvalue weighted by molar-refractivity contribution is 6.09. The maximum Gasteiger partial charge on any atom is 0.339 e. The van der Waals surface area contributed by atoms with Gasteiger partial charge in [-0.3, -0.25) is 9.59 Å². The predicted molar refractivity (Wildman–Crippen MR) is 89.1 cm³/mol. The van der Waals surface area contributed by atoms with Crippen LogP contribution in [0.5, 0.6) is 0 Å². The lowest BCUT2D eigenvalue weighted by Crippen LogP contribution is -2.36. The molecule has 9 heteroatoms. The van der Waals surface area contributed by atoms with E-state index in [-0.39, 0.29) is 42.3 Å². The highest BCUT2D eigenvalue weighted by Crippen LogP contribution is 2.27. The number of halogens is 2. The lowest BCUT2D eigenvalue weighted by Gasteiger charge is -2.17. The molecule has 1 atom stereocenters. The molecule has 2 amide bonds. The smallest absolute Gasteiger partial charge is 0.339 e. The summed E-state index contributed by atoms with van der Waals surface area (Å²) < 4.78 is 32.0. The molecular formula is C18H16F2N2O5. The highest BCUT2D eigenvalue weighted by Gasteiger charge is 2.37. The van der Waals surface area contributed by atoms with Gasteiger partial charge in [0.05, 0.1) is 6.54 Å². The molecule has 1 unspecified atom stereocenters. The minimum atomic E-state index is -1.14. The van der Waals surface area contributed by atoms with Crippen molar-refractivity contribution < 1.29 is 32.7 Å². The van der Waals surface area contributed by atoms with Crippen LogP contribution >= 0.6 is 0 Å². The molecule has 27 heavy (non-hydrogen) atoms. The van der Waals surface area contributed by atoms with Crippen molar-refractivity contribution in [3.8, 4) is 0 Å². The van der Waals surface area contributed by atoms with E-state index in [1.807, 2.05) is 0 Å². The normalized spacial score (nSPS) is 16.6.